The first kappa shape index (κ1) is 14.8. The third-order valence-corrected chi connectivity index (χ3v) is 3.19. The lowest BCUT2D eigenvalue weighted by Crippen LogP contribution is -2.32. The summed E-state index contributed by atoms with van der Waals surface area (Å²) in [6.45, 7) is 3.97. The van der Waals surface area contributed by atoms with Gasteiger partial charge in [-0.05, 0) is 26.6 Å². The van der Waals surface area contributed by atoms with Crippen LogP contribution in [0.3, 0.4) is 0 Å². The molecule has 0 aromatic heterocycles. The van der Waals surface area contributed by atoms with Crippen molar-refractivity contribution in [3.8, 4) is 0 Å². The zero-order chi connectivity index (χ0) is 13.7. The summed E-state index contributed by atoms with van der Waals surface area (Å²) >= 11 is 0. The van der Waals surface area contributed by atoms with Crippen molar-refractivity contribution in [2.45, 2.75) is 32.7 Å². The molecule has 0 radical (unpaired) electrons. The Kier molecular flexibility index (Phi) is 5.48. The van der Waals surface area contributed by atoms with Gasteiger partial charge in [0, 0.05) is 11.5 Å². The number of ketones is 1. The van der Waals surface area contributed by atoms with Gasteiger partial charge >= 0.3 is 0 Å². The van der Waals surface area contributed by atoms with Crippen LogP contribution in [-0.4, -0.2) is 24.8 Å². The zero-order valence-corrected chi connectivity index (χ0v) is 11.6. The molecule has 0 aliphatic rings. The lowest BCUT2D eigenvalue weighted by Gasteiger charge is -2.26. The van der Waals surface area contributed by atoms with Crippen molar-refractivity contribution in [2.75, 3.05) is 14.1 Å². The Balaban J connectivity index is 3.04. The molecule has 0 N–H and O–H groups in total. The van der Waals surface area contributed by atoms with E-state index in [9.17, 15) is 9.18 Å². The van der Waals surface area contributed by atoms with E-state index in [0.29, 0.717) is 5.56 Å². The Morgan fingerprint density at radius 3 is 2.44 bits per heavy atom. The van der Waals surface area contributed by atoms with Gasteiger partial charge in [-0.3, -0.25) is 9.69 Å². The molecule has 3 heteroatoms. The summed E-state index contributed by atoms with van der Waals surface area (Å²) in [7, 11) is 3.63. The molecule has 0 saturated carbocycles. The lowest BCUT2D eigenvalue weighted by atomic mass is 9.90. The van der Waals surface area contributed by atoms with Crippen molar-refractivity contribution < 1.29 is 9.18 Å². The van der Waals surface area contributed by atoms with E-state index in [1.807, 2.05) is 21.0 Å². The number of rotatable bonds is 6. The van der Waals surface area contributed by atoms with Crippen molar-refractivity contribution in [2.24, 2.45) is 5.92 Å². The minimum atomic E-state index is -0.493. The normalized spacial score (nSPS) is 14.6. The quantitative estimate of drug-likeness (QED) is 0.772. The number of carbonyl (C=O) groups is 1. The van der Waals surface area contributed by atoms with Crippen molar-refractivity contribution in [3.05, 3.63) is 35.6 Å². The van der Waals surface area contributed by atoms with Gasteiger partial charge in [-0.25, -0.2) is 4.39 Å². The summed E-state index contributed by atoms with van der Waals surface area (Å²) in [5.41, 5.74) is 0.468. The third kappa shape index (κ3) is 3.39. The molecule has 0 aliphatic heterocycles. The molecule has 0 fully saturated rings. The van der Waals surface area contributed by atoms with Crippen molar-refractivity contribution in [1.82, 2.24) is 4.90 Å². The highest BCUT2D eigenvalue weighted by atomic mass is 19.1. The van der Waals surface area contributed by atoms with Crippen LogP contribution in [0.1, 0.15) is 38.3 Å². The summed E-state index contributed by atoms with van der Waals surface area (Å²) in [4.78, 5) is 14.2. The molecule has 18 heavy (non-hydrogen) atoms. The molecule has 0 saturated heterocycles. The Bertz CT molecular complexity index is 403. The van der Waals surface area contributed by atoms with Crippen molar-refractivity contribution in [3.63, 3.8) is 0 Å². The number of nitrogens with zero attached hydrogens (tertiary/aromatic N) is 1. The van der Waals surface area contributed by atoms with E-state index in [1.165, 1.54) is 6.07 Å². The molecule has 0 amide bonds. The Hall–Kier alpha value is -1.22. The van der Waals surface area contributed by atoms with Crippen LogP contribution in [0, 0.1) is 11.7 Å². The first-order valence-electron chi connectivity index (χ1n) is 6.43. The van der Waals surface area contributed by atoms with Crippen LogP contribution in [-0.2, 0) is 4.79 Å². The number of hydrogen-bond donors (Lipinski definition) is 0. The molecule has 0 heterocycles. The molecule has 100 valence electrons. The standard InChI is InChI=1S/C15H22FNO/c1-5-8-11(2)15(18)14(17(3)4)12-9-6-7-10-13(12)16/h6-7,9-11,14H,5,8H2,1-4H3/t11?,14-/m1/s1. The van der Waals surface area contributed by atoms with Crippen LogP contribution in [0.4, 0.5) is 4.39 Å². The Morgan fingerprint density at radius 1 is 1.33 bits per heavy atom. The maximum absolute atomic E-state index is 13.8. The topological polar surface area (TPSA) is 20.3 Å². The van der Waals surface area contributed by atoms with Gasteiger partial charge in [-0.1, -0.05) is 38.5 Å². The highest BCUT2D eigenvalue weighted by molar-refractivity contribution is 5.87. The molecular weight excluding hydrogens is 229 g/mol. The number of benzene rings is 1. The number of hydrogen-bond acceptors (Lipinski definition) is 2. The second-order valence-electron chi connectivity index (χ2n) is 4.98. The van der Waals surface area contributed by atoms with E-state index in [2.05, 4.69) is 6.92 Å². The molecule has 1 rings (SSSR count). The second kappa shape index (κ2) is 6.64. The number of likely N-dealkylation sites (N-methyl/N-ethyl adjacent to an activating group) is 1. The van der Waals surface area contributed by atoms with E-state index in [0.717, 1.165) is 12.8 Å². The molecular formula is C15H22FNO. The van der Waals surface area contributed by atoms with Crippen LogP contribution in [0.2, 0.25) is 0 Å². The summed E-state index contributed by atoms with van der Waals surface area (Å²) in [6.07, 6.45) is 1.81. The fourth-order valence-corrected chi connectivity index (χ4v) is 2.23. The average molecular weight is 251 g/mol. The summed E-state index contributed by atoms with van der Waals surface area (Å²) < 4.78 is 13.8. The van der Waals surface area contributed by atoms with Gasteiger partial charge in [0.25, 0.3) is 0 Å². The summed E-state index contributed by atoms with van der Waals surface area (Å²) in [6, 6.07) is 6.02. The van der Waals surface area contributed by atoms with Crippen LogP contribution in [0.25, 0.3) is 0 Å². The summed E-state index contributed by atoms with van der Waals surface area (Å²) in [5, 5.41) is 0. The van der Waals surface area contributed by atoms with Gasteiger partial charge in [0.15, 0.2) is 5.78 Å². The minimum Gasteiger partial charge on any atom is -0.297 e. The van der Waals surface area contributed by atoms with Crippen molar-refractivity contribution >= 4 is 5.78 Å². The maximum atomic E-state index is 13.8. The number of halogens is 1. The molecule has 0 spiro atoms. The largest absolute Gasteiger partial charge is 0.297 e. The molecule has 1 unspecified atom stereocenters. The summed E-state index contributed by atoms with van der Waals surface area (Å²) in [5.74, 6) is -0.262. The molecule has 2 nitrogen and oxygen atoms in total. The monoisotopic (exact) mass is 251 g/mol. The minimum absolute atomic E-state index is 0.0398. The Labute approximate surface area is 109 Å². The molecule has 0 bridgehead atoms. The second-order valence-corrected chi connectivity index (χ2v) is 4.98. The highest BCUT2D eigenvalue weighted by Crippen LogP contribution is 2.26. The van der Waals surface area contributed by atoms with Crippen molar-refractivity contribution in [1.29, 1.82) is 0 Å². The van der Waals surface area contributed by atoms with Gasteiger partial charge in [0.05, 0.1) is 6.04 Å². The number of Topliss-reactive ketones (excluding diaryl/α,β-unsaturated/α-hetero) is 1. The fourth-order valence-electron chi connectivity index (χ4n) is 2.23. The van der Waals surface area contributed by atoms with Gasteiger partial charge in [-0.2, -0.15) is 0 Å². The number of carbonyl (C=O) groups excluding carboxylic acids is 1. The molecule has 1 aromatic rings. The van der Waals surface area contributed by atoms with Crippen LogP contribution < -0.4 is 0 Å². The van der Waals surface area contributed by atoms with Gasteiger partial charge in [0.2, 0.25) is 0 Å². The smallest absolute Gasteiger partial charge is 0.157 e. The average Bonchev–Trinajstić information content (AvgIpc) is 2.31. The van der Waals surface area contributed by atoms with Crippen LogP contribution in [0.5, 0.6) is 0 Å². The SMILES string of the molecule is CCCC(C)C(=O)[C@@H](c1ccccc1F)N(C)C. The van der Waals surface area contributed by atoms with Crippen LogP contribution in [0.15, 0.2) is 24.3 Å². The van der Waals surface area contributed by atoms with E-state index < -0.39 is 6.04 Å². The Morgan fingerprint density at radius 2 is 1.94 bits per heavy atom. The van der Waals surface area contributed by atoms with Gasteiger partial charge in [-0.15, -0.1) is 0 Å². The van der Waals surface area contributed by atoms with E-state index in [4.69, 9.17) is 0 Å². The maximum Gasteiger partial charge on any atom is 0.157 e. The third-order valence-electron chi connectivity index (χ3n) is 3.19. The van der Waals surface area contributed by atoms with Gasteiger partial charge < -0.3 is 0 Å². The predicted octanol–water partition coefficient (Wildman–Crippen LogP) is 3.43. The molecule has 2 atom stereocenters. The molecule has 1 aromatic carbocycles. The highest BCUT2D eigenvalue weighted by Gasteiger charge is 2.28. The lowest BCUT2D eigenvalue weighted by molar-refractivity contribution is -0.127. The van der Waals surface area contributed by atoms with E-state index in [1.54, 1.807) is 23.1 Å². The van der Waals surface area contributed by atoms with E-state index >= 15 is 0 Å². The first-order valence-corrected chi connectivity index (χ1v) is 6.43. The van der Waals surface area contributed by atoms with E-state index in [-0.39, 0.29) is 17.5 Å². The fraction of sp³-hybridized carbons (Fsp3) is 0.533. The predicted molar refractivity (Wildman–Crippen MR) is 71.9 cm³/mol. The first-order chi connectivity index (χ1) is 8.49. The molecule has 0 aliphatic carbocycles. The zero-order valence-electron chi connectivity index (χ0n) is 11.6. The van der Waals surface area contributed by atoms with Gasteiger partial charge in [0.1, 0.15) is 5.82 Å². The van der Waals surface area contributed by atoms with Crippen LogP contribution >= 0.6 is 0 Å².